The molecule has 25 heavy (non-hydrogen) atoms. The summed E-state index contributed by atoms with van der Waals surface area (Å²) in [4.78, 5) is 0. The number of para-hydroxylation sites is 1. The van der Waals surface area contributed by atoms with Gasteiger partial charge in [0.1, 0.15) is 34.7 Å². The van der Waals surface area contributed by atoms with E-state index in [0.29, 0.717) is 6.73 Å². The zero-order valence-corrected chi connectivity index (χ0v) is 17.9. The Morgan fingerprint density at radius 3 is 2.60 bits per heavy atom. The minimum atomic E-state index is -1.29. The molecular formula is C18H29N3O2SSi. The lowest BCUT2D eigenvalue weighted by molar-refractivity contribution is 0.0816. The van der Waals surface area contributed by atoms with Crippen LogP contribution in [0.1, 0.15) is 26.5 Å². The van der Waals surface area contributed by atoms with Crippen LogP contribution in [0.4, 0.5) is 0 Å². The molecule has 0 unspecified atom stereocenters. The van der Waals surface area contributed by atoms with Crippen molar-refractivity contribution in [2.24, 2.45) is 4.40 Å². The number of fused-ring (bicyclic) bond motifs is 1. The molecule has 0 aliphatic rings. The lowest BCUT2D eigenvalue weighted by Crippen LogP contribution is -2.25. The van der Waals surface area contributed by atoms with E-state index < -0.39 is 19.4 Å². The van der Waals surface area contributed by atoms with Gasteiger partial charge in [-0.3, -0.25) is 0 Å². The van der Waals surface area contributed by atoms with Gasteiger partial charge in [-0.2, -0.15) is 5.10 Å². The van der Waals surface area contributed by atoms with Crippen molar-refractivity contribution in [3.05, 3.63) is 30.0 Å². The summed E-state index contributed by atoms with van der Waals surface area (Å²) in [5.74, 6) is 0. The molecule has 0 aliphatic heterocycles. The highest BCUT2D eigenvalue weighted by Gasteiger charge is 2.26. The van der Waals surface area contributed by atoms with E-state index >= 15 is 0 Å². The molecule has 5 nitrogen and oxygen atoms in total. The van der Waals surface area contributed by atoms with Gasteiger partial charge in [0.15, 0.2) is 0 Å². The van der Waals surface area contributed by atoms with Crippen molar-refractivity contribution in [2.75, 3.05) is 6.61 Å². The third-order valence-electron chi connectivity index (χ3n) is 3.69. The molecule has 0 saturated heterocycles. The van der Waals surface area contributed by atoms with Gasteiger partial charge in [-0.25, -0.2) is 4.68 Å². The Bertz CT molecular complexity index is 732. The highest BCUT2D eigenvalue weighted by atomic mass is 32.2. The molecule has 0 spiro atoms. The van der Waals surface area contributed by atoms with Crippen molar-refractivity contribution in [2.45, 2.75) is 57.9 Å². The van der Waals surface area contributed by atoms with Gasteiger partial charge >= 0.3 is 0 Å². The second kappa shape index (κ2) is 8.03. The van der Waals surface area contributed by atoms with Crippen LogP contribution in [-0.4, -0.2) is 40.0 Å². The minimum Gasteiger partial charge on any atom is -0.591 e. The van der Waals surface area contributed by atoms with Gasteiger partial charge in [-0.1, -0.05) is 42.2 Å². The predicted molar refractivity (Wildman–Crippen MR) is 109 cm³/mol. The summed E-state index contributed by atoms with van der Waals surface area (Å²) in [6, 6.07) is 9.10. The molecule has 0 radical (unpaired) electrons. The van der Waals surface area contributed by atoms with Crippen LogP contribution >= 0.6 is 0 Å². The summed E-state index contributed by atoms with van der Waals surface area (Å²) < 4.78 is 23.6. The number of aromatic nitrogens is 2. The largest absolute Gasteiger partial charge is 0.591 e. The Balaban J connectivity index is 2.16. The average Bonchev–Trinajstić information content (AvgIpc) is 2.85. The highest BCUT2D eigenvalue weighted by Crippen LogP contribution is 2.20. The van der Waals surface area contributed by atoms with Crippen molar-refractivity contribution in [3.8, 4) is 0 Å². The van der Waals surface area contributed by atoms with Crippen LogP contribution in [-0.2, 0) is 22.8 Å². The highest BCUT2D eigenvalue weighted by molar-refractivity contribution is 7.91. The zero-order valence-electron chi connectivity index (χ0n) is 16.1. The second-order valence-corrected chi connectivity index (χ2v) is 15.9. The monoisotopic (exact) mass is 379 g/mol. The first-order chi connectivity index (χ1) is 11.6. The standard InChI is InChI=1S/C18H29N3O2SSi/c1-18(2,3)24(22)19-13-16-15-9-7-8-10-17(15)21(20-16)14-23-11-12-25(4,5)6/h7-10,13H,11-12,14H2,1-6H3/b19-13+/t24-/m0/s1. The van der Waals surface area contributed by atoms with Crippen LogP contribution in [0.15, 0.2) is 28.7 Å². The van der Waals surface area contributed by atoms with E-state index in [1.54, 1.807) is 6.21 Å². The van der Waals surface area contributed by atoms with Crippen molar-refractivity contribution in [1.82, 2.24) is 9.78 Å². The van der Waals surface area contributed by atoms with Crippen LogP contribution < -0.4 is 0 Å². The SMILES string of the molecule is CC(C)(C)[S@+]([O-])/N=C/c1nn(COCC[Si](C)(C)C)c2ccccc12. The Labute approximate surface area is 154 Å². The zero-order chi connectivity index (χ0) is 18.7. The molecule has 1 atom stereocenters. The Morgan fingerprint density at radius 1 is 1.28 bits per heavy atom. The minimum absolute atomic E-state index is 0.380. The van der Waals surface area contributed by atoms with Gasteiger partial charge < -0.3 is 9.29 Å². The second-order valence-electron chi connectivity index (χ2n) is 8.35. The van der Waals surface area contributed by atoms with Gasteiger partial charge in [-0.15, -0.1) is 0 Å². The summed E-state index contributed by atoms with van der Waals surface area (Å²) in [7, 11) is -1.10. The molecule has 0 saturated carbocycles. The molecule has 2 aromatic rings. The number of hydrogen-bond donors (Lipinski definition) is 0. The van der Waals surface area contributed by atoms with Crippen molar-refractivity contribution >= 4 is 36.6 Å². The summed E-state index contributed by atoms with van der Waals surface area (Å²) in [6.07, 6.45) is 1.61. The van der Waals surface area contributed by atoms with Gasteiger partial charge in [0.25, 0.3) is 0 Å². The lowest BCUT2D eigenvalue weighted by Gasteiger charge is -2.17. The third-order valence-corrected chi connectivity index (χ3v) is 6.74. The first-order valence-corrected chi connectivity index (χ1v) is 13.4. The summed E-state index contributed by atoms with van der Waals surface area (Å²) in [6.45, 7) is 13.9. The van der Waals surface area contributed by atoms with Crippen LogP contribution in [0.3, 0.4) is 0 Å². The van der Waals surface area contributed by atoms with E-state index in [1.807, 2.05) is 49.7 Å². The fourth-order valence-corrected chi connectivity index (χ4v) is 3.40. The number of nitrogens with zero attached hydrogens (tertiary/aromatic N) is 3. The first-order valence-electron chi connectivity index (χ1n) is 8.57. The number of hydrogen-bond acceptors (Lipinski definition) is 4. The normalized spacial score (nSPS) is 14.5. The average molecular weight is 380 g/mol. The fraction of sp³-hybridized carbons (Fsp3) is 0.556. The van der Waals surface area contributed by atoms with Crippen LogP contribution in [0, 0.1) is 0 Å². The molecular weight excluding hydrogens is 350 g/mol. The van der Waals surface area contributed by atoms with E-state index in [4.69, 9.17) is 4.74 Å². The molecule has 1 heterocycles. The maximum Gasteiger partial charge on any atom is 0.144 e. The molecule has 0 amide bonds. The first kappa shape index (κ1) is 20.2. The van der Waals surface area contributed by atoms with E-state index in [9.17, 15) is 4.55 Å². The lowest BCUT2D eigenvalue weighted by atomic mass is 10.2. The predicted octanol–water partition coefficient (Wildman–Crippen LogP) is 4.23. The van der Waals surface area contributed by atoms with Crippen molar-refractivity contribution < 1.29 is 9.29 Å². The Morgan fingerprint density at radius 2 is 1.96 bits per heavy atom. The van der Waals surface area contributed by atoms with Gasteiger partial charge in [0.05, 0.1) is 5.52 Å². The molecule has 0 aliphatic carbocycles. The molecule has 0 fully saturated rings. The van der Waals surface area contributed by atoms with Gasteiger partial charge in [0.2, 0.25) is 0 Å². The summed E-state index contributed by atoms with van der Waals surface area (Å²) in [5.41, 5.74) is 1.72. The van der Waals surface area contributed by atoms with Crippen LogP contribution in [0.2, 0.25) is 25.7 Å². The quantitative estimate of drug-likeness (QED) is 0.313. The molecule has 0 bridgehead atoms. The number of ether oxygens (including phenoxy) is 1. The maximum absolute atomic E-state index is 12.1. The fourth-order valence-electron chi connectivity index (χ4n) is 2.13. The van der Waals surface area contributed by atoms with E-state index in [-0.39, 0.29) is 4.75 Å². The van der Waals surface area contributed by atoms with Gasteiger partial charge in [0, 0.05) is 20.1 Å². The molecule has 0 N–H and O–H groups in total. The molecule has 138 valence electrons. The third kappa shape index (κ3) is 5.95. The molecule has 1 aromatic heterocycles. The van der Waals surface area contributed by atoms with Crippen LogP contribution in [0.25, 0.3) is 10.9 Å². The Hall–Kier alpha value is -1.15. The smallest absolute Gasteiger partial charge is 0.144 e. The van der Waals surface area contributed by atoms with E-state index in [0.717, 1.165) is 29.2 Å². The molecule has 7 heteroatoms. The van der Waals surface area contributed by atoms with E-state index in [1.165, 1.54) is 0 Å². The molecule has 2 rings (SSSR count). The summed E-state index contributed by atoms with van der Waals surface area (Å²) >= 11 is -1.29. The Kier molecular flexibility index (Phi) is 6.48. The molecule has 1 aromatic carbocycles. The van der Waals surface area contributed by atoms with Gasteiger partial charge in [-0.05, 0) is 32.9 Å². The topological polar surface area (TPSA) is 62.5 Å². The van der Waals surface area contributed by atoms with E-state index in [2.05, 4.69) is 29.1 Å². The van der Waals surface area contributed by atoms with Crippen molar-refractivity contribution in [3.63, 3.8) is 0 Å². The maximum atomic E-state index is 12.1. The summed E-state index contributed by atoms with van der Waals surface area (Å²) in [5, 5.41) is 5.59. The number of rotatable bonds is 7. The van der Waals surface area contributed by atoms with Crippen molar-refractivity contribution in [1.29, 1.82) is 0 Å². The van der Waals surface area contributed by atoms with Crippen LogP contribution in [0.5, 0.6) is 0 Å². The number of benzene rings is 1.